The van der Waals surface area contributed by atoms with Crippen molar-refractivity contribution in [3.8, 4) is 0 Å². The van der Waals surface area contributed by atoms with Gasteiger partial charge in [-0.1, -0.05) is 0 Å². The minimum Gasteiger partial charge on any atom is -0.453 e. The highest BCUT2D eigenvalue weighted by molar-refractivity contribution is 5.68. The number of carbonyl (C=O) groups excluding carboxylic acids is 2. The number of aromatic nitrogens is 2. The summed E-state index contributed by atoms with van der Waals surface area (Å²) in [6, 6.07) is 1.88. The van der Waals surface area contributed by atoms with Crippen LogP contribution < -0.4 is 9.80 Å². The third kappa shape index (κ3) is 3.89. The Kier molecular flexibility index (Phi) is 5.59. The zero-order valence-corrected chi connectivity index (χ0v) is 15.1. The molecule has 26 heavy (non-hydrogen) atoms. The molecule has 2 aliphatic rings. The fourth-order valence-corrected chi connectivity index (χ4v) is 3.13. The molecule has 0 radical (unpaired) electrons. The maximum atomic E-state index is 11.6. The van der Waals surface area contributed by atoms with Gasteiger partial charge in [-0.25, -0.2) is 14.6 Å². The van der Waals surface area contributed by atoms with Gasteiger partial charge in [0.05, 0.1) is 14.2 Å². The summed E-state index contributed by atoms with van der Waals surface area (Å²) in [7, 11) is 2.78. The maximum absolute atomic E-state index is 11.6. The lowest BCUT2D eigenvalue weighted by Gasteiger charge is -2.36. The van der Waals surface area contributed by atoms with E-state index in [1.165, 1.54) is 14.2 Å². The molecule has 0 N–H and O–H groups in total. The molecule has 2 aliphatic heterocycles. The van der Waals surface area contributed by atoms with Gasteiger partial charge in [0, 0.05) is 58.6 Å². The van der Waals surface area contributed by atoms with Crippen LogP contribution in [0.15, 0.2) is 12.3 Å². The van der Waals surface area contributed by atoms with Gasteiger partial charge in [0.1, 0.15) is 5.82 Å². The smallest absolute Gasteiger partial charge is 0.409 e. The fourth-order valence-electron chi connectivity index (χ4n) is 3.13. The SMILES string of the molecule is COC(=O)N1CCN(c2ccnc(N3CCN(C(=O)OC)CC3)n2)CC1. The van der Waals surface area contributed by atoms with E-state index in [1.807, 2.05) is 6.07 Å². The Labute approximate surface area is 152 Å². The van der Waals surface area contributed by atoms with Gasteiger partial charge in [0.2, 0.25) is 5.95 Å². The zero-order chi connectivity index (χ0) is 18.5. The van der Waals surface area contributed by atoms with Crippen molar-refractivity contribution >= 4 is 24.0 Å². The number of piperazine rings is 2. The summed E-state index contributed by atoms with van der Waals surface area (Å²) in [6.07, 6.45) is 1.15. The van der Waals surface area contributed by atoms with E-state index in [9.17, 15) is 9.59 Å². The van der Waals surface area contributed by atoms with E-state index in [2.05, 4.69) is 19.8 Å². The van der Waals surface area contributed by atoms with E-state index in [4.69, 9.17) is 9.47 Å². The van der Waals surface area contributed by atoms with Crippen LogP contribution in [0, 0.1) is 0 Å². The number of nitrogens with zero attached hydrogens (tertiary/aromatic N) is 6. The van der Waals surface area contributed by atoms with Gasteiger partial charge in [-0.05, 0) is 6.07 Å². The van der Waals surface area contributed by atoms with Gasteiger partial charge in [-0.2, -0.15) is 4.98 Å². The van der Waals surface area contributed by atoms with Gasteiger partial charge in [0.15, 0.2) is 0 Å². The first-order valence-corrected chi connectivity index (χ1v) is 8.61. The Morgan fingerprint density at radius 3 is 1.85 bits per heavy atom. The number of amides is 2. The van der Waals surface area contributed by atoms with Crippen molar-refractivity contribution in [3.05, 3.63) is 12.3 Å². The third-order valence-electron chi connectivity index (χ3n) is 4.66. The molecule has 10 heteroatoms. The molecule has 0 atom stereocenters. The number of anilines is 2. The minimum absolute atomic E-state index is 0.295. The number of rotatable bonds is 2. The van der Waals surface area contributed by atoms with Crippen LogP contribution in [-0.4, -0.2) is 98.5 Å². The van der Waals surface area contributed by atoms with E-state index < -0.39 is 0 Å². The summed E-state index contributed by atoms with van der Waals surface area (Å²) >= 11 is 0. The molecular formula is C16H24N6O4. The van der Waals surface area contributed by atoms with Crippen LogP contribution in [0.3, 0.4) is 0 Å². The lowest BCUT2D eigenvalue weighted by atomic mass is 10.3. The van der Waals surface area contributed by atoms with Gasteiger partial charge >= 0.3 is 12.2 Å². The predicted octanol–water partition coefficient (Wildman–Crippen LogP) is 0.253. The first-order chi connectivity index (χ1) is 12.6. The average Bonchev–Trinajstić information content (AvgIpc) is 2.73. The summed E-state index contributed by atoms with van der Waals surface area (Å²) in [4.78, 5) is 39.8. The van der Waals surface area contributed by atoms with E-state index in [1.54, 1.807) is 16.0 Å². The molecule has 1 aromatic rings. The Bertz CT molecular complexity index is 590. The van der Waals surface area contributed by atoms with Crippen molar-refractivity contribution in [2.75, 3.05) is 76.4 Å². The second kappa shape index (κ2) is 8.07. The predicted molar refractivity (Wildman–Crippen MR) is 94.4 cm³/mol. The van der Waals surface area contributed by atoms with E-state index in [-0.39, 0.29) is 12.2 Å². The summed E-state index contributed by atoms with van der Waals surface area (Å²) in [6.45, 7) is 5.08. The molecule has 3 heterocycles. The number of methoxy groups -OCH3 is 2. The highest BCUT2D eigenvalue weighted by Gasteiger charge is 2.25. The molecular weight excluding hydrogens is 340 g/mol. The molecule has 2 amide bonds. The summed E-state index contributed by atoms with van der Waals surface area (Å²) in [5.74, 6) is 1.50. The Morgan fingerprint density at radius 2 is 1.35 bits per heavy atom. The van der Waals surface area contributed by atoms with Crippen LogP contribution in [0.1, 0.15) is 0 Å². The van der Waals surface area contributed by atoms with Crippen molar-refractivity contribution in [3.63, 3.8) is 0 Å². The van der Waals surface area contributed by atoms with Crippen LogP contribution >= 0.6 is 0 Å². The minimum atomic E-state index is -0.303. The monoisotopic (exact) mass is 364 g/mol. The summed E-state index contributed by atoms with van der Waals surface area (Å²) in [5, 5.41) is 0. The second-order valence-electron chi connectivity index (χ2n) is 6.10. The molecule has 0 aromatic carbocycles. The molecule has 1 aromatic heterocycles. The summed E-state index contributed by atoms with van der Waals surface area (Å²) in [5.41, 5.74) is 0. The van der Waals surface area contributed by atoms with Crippen molar-refractivity contribution in [2.24, 2.45) is 0 Å². The number of hydrogen-bond acceptors (Lipinski definition) is 8. The highest BCUT2D eigenvalue weighted by atomic mass is 16.5. The van der Waals surface area contributed by atoms with Crippen LogP contribution in [0.2, 0.25) is 0 Å². The van der Waals surface area contributed by atoms with Crippen molar-refractivity contribution in [2.45, 2.75) is 0 Å². The fraction of sp³-hybridized carbons (Fsp3) is 0.625. The average molecular weight is 364 g/mol. The van der Waals surface area contributed by atoms with Crippen LogP contribution in [0.25, 0.3) is 0 Å². The molecule has 0 unspecified atom stereocenters. The molecule has 142 valence electrons. The maximum Gasteiger partial charge on any atom is 0.409 e. The molecule has 2 saturated heterocycles. The van der Waals surface area contributed by atoms with Crippen LogP contribution in [0.4, 0.5) is 21.4 Å². The topological polar surface area (TPSA) is 91.3 Å². The van der Waals surface area contributed by atoms with E-state index in [0.29, 0.717) is 58.3 Å². The third-order valence-corrected chi connectivity index (χ3v) is 4.66. The van der Waals surface area contributed by atoms with Gasteiger partial charge in [0.25, 0.3) is 0 Å². The highest BCUT2D eigenvalue weighted by Crippen LogP contribution is 2.18. The second-order valence-corrected chi connectivity index (χ2v) is 6.10. The van der Waals surface area contributed by atoms with E-state index in [0.717, 1.165) is 5.82 Å². The quantitative estimate of drug-likeness (QED) is 0.738. The molecule has 0 aliphatic carbocycles. The Balaban J connectivity index is 1.59. The normalized spacial score (nSPS) is 17.9. The van der Waals surface area contributed by atoms with Crippen LogP contribution in [0.5, 0.6) is 0 Å². The van der Waals surface area contributed by atoms with Gasteiger partial charge in [-0.3, -0.25) is 0 Å². The van der Waals surface area contributed by atoms with Gasteiger partial charge < -0.3 is 29.1 Å². The summed E-state index contributed by atoms with van der Waals surface area (Å²) < 4.78 is 9.52. The molecule has 0 spiro atoms. The molecule has 10 nitrogen and oxygen atoms in total. The first-order valence-electron chi connectivity index (χ1n) is 8.61. The number of carbonyl (C=O) groups is 2. The van der Waals surface area contributed by atoms with Crippen molar-refractivity contribution in [1.29, 1.82) is 0 Å². The van der Waals surface area contributed by atoms with Crippen LogP contribution in [-0.2, 0) is 9.47 Å². The Hall–Kier alpha value is -2.78. The lowest BCUT2D eigenvalue weighted by Crippen LogP contribution is -2.50. The van der Waals surface area contributed by atoms with E-state index >= 15 is 0 Å². The first kappa shape index (κ1) is 18.0. The molecule has 3 rings (SSSR count). The lowest BCUT2D eigenvalue weighted by molar-refractivity contribution is 0.120. The molecule has 0 saturated carbocycles. The zero-order valence-electron chi connectivity index (χ0n) is 15.1. The number of hydrogen-bond donors (Lipinski definition) is 0. The molecule has 0 bridgehead atoms. The van der Waals surface area contributed by atoms with Gasteiger partial charge in [-0.15, -0.1) is 0 Å². The Morgan fingerprint density at radius 1 is 0.846 bits per heavy atom. The van der Waals surface area contributed by atoms with Crippen molar-refractivity contribution in [1.82, 2.24) is 19.8 Å². The molecule has 2 fully saturated rings. The van der Waals surface area contributed by atoms with Crippen molar-refractivity contribution < 1.29 is 19.1 Å². The standard InChI is InChI=1S/C16H24N6O4/c1-25-15(23)21-9-5-19(6-10-21)13-3-4-17-14(18-13)20-7-11-22(12-8-20)16(24)26-2/h3-4H,5-12H2,1-2H3. The number of ether oxygens (including phenoxy) is 2. The largest absolute Gasteiger partial charge is 0.453 e.